The first-order valence-electron chi connectivity index (χ1n) is 5.84. The summed E-state index contributed by atoms with van der Waals surface area (Å²) in [7, 11) is 0. The van der Waals surface area contributed by atoms with E-state index in [-0.39, 0.29) is 18.8 Å². The molecule has 0 spiro atoms. The Balaban J connectivity index is 3.89. The fraction of sp³-hybridized carbons (Fsp3) is 0.909. The van der Waals surface area contributed by atoms with E-state index in [2.05, 4.69) is 0 Å². The highest BCUT2D eigenvalue weighted by Gasteiger charge is 2.56. The monoisotopic (exact) mass is 308 g/mol. The van der Waals surface area contributed by atoms with E-state index in [4.69, 9.17) is 4.74 Å². The summed E-state index contributed by atoms with van der Waals surface area (Å²) in [5.74, 6) is -5.09. The molecule has 1 atom stereocenters. The average Bonchev–Trinajstić information content (AvgIpc) is 2.29. The van der Waals surface area contributed by atoms with Gasteiger partial charge in [-0.3, -0.25) is 4.79 Å². The normalized spacial score (nSPS) is 14.3. The first-order chi connectivity index (χ1) is 8.62. The molecule has 0 aromatic heterocycles. The molecule has 0 aliphatic carbocycles. The van der Waals surface area contributed by atoms with Gasteiger partial charge in [0.25, 0.3) is 0 Å². The van der Waals surface area contributed by atoms with Crippen molar-refractivity contribution < 1.29 is 31.5 Å². The lowest BCUT2D eigenvalue weighted by Gasteiger charge is -2.19. The first kappa shape index (κ1) is 18.5. The van der Waals surface area contributed by atoms with Crippen molar-refractivity contribution in [3.8, 4) is 0 Å². The quantitative estimate of drug-likeness (QED) is 0.384. The molecule has 0 saturated carbocycles. The summed E-state index contributed by atoms with van der Waals surface area (Å²) < 4.78 is 65.5. The van der Waals surface area contributed by atoms with Crippen molar-refractivity contribution in [1.82, 2.24) is 0 Å². The SMILES string of the molecule is CCCOC(=O)C(C)SCCCC(F)(F)C(F)(F)F. The van der Waals surface area contributed by atoms with Crippen molar-refractivity contribution in [2.45, 2.75) is 50.5 Å². The zero-order valence-electron chi connectivity index (χ0n) is 10.7. The van der Waals surface area contributed by atoms with Crippen LogP contribution in [0.3, 0.4) is 0 Å². The predicted octanol–water partition coefficient (Wildman–Crippen LogP) is 4.04. The molecule has 0 rings (SSSR count). The van der Waals surface area contributed by atoms with Crippen LogP contribution in [0.1, 0.15) is 33.1 Å². The molecule has 19 heavy (non-hydrogen) atoms. The Bertz CT molecular complexity index is 281. The molecule has 0 aromatic carbocycles. The second-order valence-corrected chi connectivity index (χ2v) is 5.43. The molecule has 114 valence electrons. The number of alkyl halides is 5. The Hall–Kier alpha value is -0.530. The van der Waals surface area contributed by atoms with Gasteiger partial charge in [0, 0.05) is 6.42 Å². The highest BCUT2D eigenvalue weighted by molar-refractivity contribution is 8.00. The Kier molecular flexibility index (Phi) is 7.69. The summed E-state index contributed by atoms with van der Waals surface area (Å²) >= 11 is 1.01. The molecule has 8 heteroatoms. The van der Waals surface area contributed by atoms with Gasteiger partial charge in [-0.15, -0.1) is 11.8 Å². The highest BCUT2D eigenvalue weighted by Crippen LogP contribution is 2.39. The molecular weight excluding hydrogens is 291 g/mol. The van der Waals surface area contributed by atoms with E-state index in [1.165, 1.54) is 6.92 Å². The number of esters is 1. The van der Waals surface area contributed by atoms with Crippen LogP contribution in [-0.4, -0.2) is 35.7 Å². The van der Waals surface area contributed by atoms with Crippen molar-refractivity contribution in [1.29, 1.82) is 0 Å². The largest absolute Gasteiger partial charge is 0.465 e. The summed E-state index contributed by atoms with van der Waals surface area (Å²) in [4.78, 5) is 11.3. The Morgan fingerprint density at radius 2 is 1.84 bits per heavy atom. The first-order valence-corrected chi connectivity index (χ1v) is 6.89. The van der Waals surface area contributed by atoms with Crippen molar-refractivity contribution in [3.63, 3.8) is 0 Å². The van der Waals surface area contributed by atoms with Gasteiger partial charge >= 0.3 is 18.1 Å². The molecule has 0 saturated heterocycles. The van der Waals surface area contributed by atoms with Gasteiger partial charge in [-0.2, -0.15) is 22.0 Å². The highest BCUT2D eigenvalue weighted by atomic mass is 32.2. The number of carbonyl (C=O) groups is 1. The van der Waals surface area contributed by atoms with Crippen LogP contribution in [0.15, 0.2) is 0 Å². The van der Waals surface area contributed by atoms with Gasteiger partial charge in [-0.25, -0.2) is 0 Å². The lowest BCUT2D eigenvalue weighted by Crippen LogP contribution is -2.36. The van der Waals surface area contributed by atoms with Crippen LogP contribution in [-0.2, 0) is 9.53 Å². The molecule has 1 unspecified atom stereocenters. The fourth-order valence-corrected chi connectivity index (χ4v) is 1.95. The van der Waals surface area contributed by atoms with Crippen LogP contribution in [0, 0.1) is 0 Å². The minimum atomic E-state index is -5.51. The van der Waals surface area contributed by atoms with Gasteiger partial charge < -0.3 is 4.74 Å². The van der Waals surface area contributed by atoms with E-state index in [0.29, 0.717) is 6.42 Å². The zero-order chi connectivity index (χ0) is 15.1. The van der Waals surface area contributed by atoms with Gasteiger partial charge in [0.2, 0.25) is 0 Å². The summed E-state index contributed by atoms with van der Waals surface area (Å²) in [6.45, 7) is 3.63. The van der Waals surface area contributed by atoms with Crippen LogP contribution >= 0.6 is 11.8 Å². The van der Waals surface area contributed by atoms with Crippen LogP contribution in [0.25, 0.3) is 0 Å². The van der Waals surface area contributed by atoms with Crippen molar-refractivity contribution in [2.24, 2.45) is 0 Å². The zero-order valence-corrected chi connectivity index (χ0v) is 11.5. The number of carbonyl (C=O) groups excluding carboxylic acids is 1. The summed E-state index contributed by atoms with van der Waals surface area (Å²) in [5, 5.41) is -0.564. The van der Waals surface area contributed by atoms with Gasteiger partial charge in [0.15, 0.2) is 0 Å². The molecule has 0 aliphatic heterocycles. The van der Waals surface area contributed by atoms with E-state index in [1.54, 1.807) is 0 Å². The van der Waals surface area contributed by atoms with Crippen LogP contribution < -0.4 is 0 Å². The third-order valence-electron chi connectivity index (χ3n) is 2.20. The smallest absolute Gasteiger partial charge is 0.453 e. The molecule has 0 fully saturated rings. The number of rotatable bonds is 8. The van der Waals surface area contributed by atoms with Crippen molar-refractivity contribution in [3.05, 3.63) is 0 Å². The van der Waals surface area contributed by atoms with E-state index in [9.17, 15) is 26.7 Å². The van der Waals surface area contributed by atoms with Crippen LogP contribution in [0.4, 0.5) is 22.0 Å². The molecule has 0 aliphatic rings. The Morgan fingerprint density at radius 3 is 2.32 bits per heavy atom. The summed E-state index contributed by atoms with van der Waals surface area (Å²) in [6.07, 6.45) is -6.42. The molecular formula is C11H17F5O2S. The molecule has 0 amide bonds. The fourth-order valence-electron chi connectivity index (χ4n) is 1.08. The number of hydrogen-bond donors (Lipinski definition) is 0. The number of hydrogen-bond acceptors (Lipinski definition) is 3. The Morgan fingerprint density at radius 1 is 1.26 bits per heavy atom. The third-order valence-corrected chi connectivity index (χ3v) is 3.41. The van der Waals surface area contributed by atoms with Crippen molar-refractivity contribution >= 4 is 17.7 Å². The predicted molar refractivity (Wildman–Crippen MR) is 63.4 cm³/mol. The molecule has 0 bridgehead atoms. The minimum Gasteiger partial charge on any atom is -0.465 e. The second-order valence-electron chi connectivity index (χ2n) is 3.99. The second kappa shape index (κ2) is 7.91. The Labute approximate surface area is 113 Å². The van der Waals surface area contributed by atoms with Gasteiger partial charge in [-0.05, 0) is 25.5 Å². The minimum absolute atomic E-state index is 0.0497. The van der Waals surface area contributed by atoms with Gasteiger partial charge in [0.05, 0.1) is 11.9 Å². The van der Waals surface area contributed by atoms with Gasteiger partial charge in [-0.1, -0.05) is 6.92 Å². The number of halogens is 5. The van der Waals surface area contributed by atoms with E-state index in [1.807, 2.05) is 6.92 Å². The average molecular weight is 308 g/mol. The maximum Gasteiger partial charge on any atom is 0.453 e. The van der Waals surface area contributed by atoms with E-state index >= 15 is 0 Å². The molecule has 0 aromatic rings. The van der Waals surface area contributed by atoms with E-state index < -0.39 is 29.7 Å². The lowest BCUT2D eigenvalue weighted by atomic mass is 10.2. The molecule has 0 N–H and O–H groups in total. The summed E-state index contributed by atoms with van der Waals surface area (Å²) in [5.41, 5.74) is 0. The lowest BCUT2D eigenvalue weighted by molar-refractivity contribution is -0.284. The van der Waals surface area contributed by atoms with Gasteiger partial charge in [0.1, 0.15) is 0 Å². The van der Waals surface area contributed by atoms with E-state index in [0.717, 1.165) is 11.8 Å². The standard InChI is InChI=1S/C11H17F5O2S/c1-3-6-18-9(17)8(2)19-7-4-5-10(12,13)11(14,15)16/h8H,3-7H2,1-2H3. The summed E-state index contributed by atoms with van der Waals surface area (Å²) in [6, 6.07) is 0. The molecule has 2 nitrogen and oxygen atoms in total. The molecule has 0 heterocycles. The maximum atomic E-state index is 12.6. The maximum absolute atomic E-state index is 12.6. The number of ether oxygens (including phenoxy) is 1. The molecule has 0 radical (unpaired) electrons. The topological polar surface area (TPSA) is 26.3 Å². The van der Waals surface area contributed by atoms with Crippen molar-refractivity contribution in [2.75, 3.05) is 12.4 Å². The van der Waals surface area contributed by atoms with Crippen LogP contribution in [0.2, 0.25) is 0 Å². The number of thioether (sulfide) groups is 1. The third kappa shape index (κ3) is 6.98. The van der Waals surface area contributed by atoms with Crippen LogP contribution in [0.5, 0.6) is 0 Å².